The molecule has 0 aliphatic rings. The highest BCUT2D eigenvalue weighted by Gasteiger charge is 2.14. The topological polar surface area (TPSA) is 49.4 Å². The highest BCUT2D eigenvalue weighted by Crippen LogP contribution is 2.24. The van der Waals surface area contributed by atoms with Crippen molar-refractivity contribution in [3.05, 3.63) is 59.2 Å². The number of nitrogens with one attached hydrogen (secondary N) is 1. The number of benzene rings is 2. The van der Waals surface area contributed by atoms with Gasteiger partial charge in [-0.25, -0.2) is 0 Å². The lowest BCUT2D eigenvalue weighted by molar-refractivity contribution is -0.133. The van der Waals surface area contributed by atoms with E-state index in [4.69, 9.17) is 0 Å². The van der Waals surface area contributed by atoms with Crippen LogP contribution in [0.3, 0.4) is 0 Å². The molecular formula is C21H26N2O2S. The van der Waals surface area contributed by atoms with E-state index in [1.165, 1.54) is 21.6 Å². The second-order valence-corrected chi connectivity index (χ2v) is 7.28. The molecule has 0 fully saturated rings. The standard InChI is InChI=1S/C21H26N2O2S/c1-15-9-10-17(16(2)13-15)11-12-21(25)23(3)14-20(24)22-18-7-5-6-8-19(18)26-4/h5-10,13H,11-12,14H2,1-4H3,(H,22,24). The Morgan fingerprint density at radius 2 is 1.85 bits per heavy atom. The van der Waals surface area contributed by atoms with Gasteiger partial charge in [0.2, 0.25) is 11.8 Å². The van der Waals surface area contributed by atoms with Crippen LogP contribution in [0.25, 0.3) is 0 Å². The van der Waals surface area contributed by atoms with E-state index in [0.29, 0.717) is 12.8 Å². The second kappa shape index (κ2) is 9.43. The molecule has 0 unspecified atom stereocenters. The normalized spacial score (nSPS) is 10.5. The Hall–Kier alpha value is -2.27. The minimum absolute atomic E-state index is 0.0294. The summed E-state index contributed by atoms with van der Waals surface area (Å²) < 4.78 is 0. The van der Waals surface area contributed by atoms with Gasteiger partial charge in [-0.3, -0.25) is 9.59 Å². The second-order valence-electron chi connectivity index (χ2n) is 6.43. The number of rotatable bonds is 7. The van der Waals surface area contributed by atoms with E-state index in [0.717, 1.165) is 10.6 Å². The smallest absolute Gasteiger partial charge is 0.244 e. The van der Waals surface area contributed by atoms with E-state index >= 15 is 0 Å². The summed E-state index contributed by atoms with van der Waals surface area (Å²) in [6, 6.07) is 13.9. The summed E-state index contributed by atoms with van der Waals surface area (Å²) in [6.45, 7) is 4.17. The summed E-state index contributed by atoms with van der Waals surface area (Å²) in [6.07, 6.45) is 3.05. The van der Waals surface area contributed by atoms with Crippen molar-refractivity contribution in [1.29, 1.82) is 0 Å². The minimum Gasteiger partial charge on any atom is -0.336 e. The number of hydrogen-bond acceptors (Lipinski definition) is 3. The van der Waals surface area contributed by atoms with Crippen molar-refractivity contribution in [2.45, 2.75) is 31.6 Å². The van der Waals surface area contributed by atoms with Crippen molar-refractivity contribution in [3.63, 3.8) is 0 Å². The van der Waals surface area contributed by atoms with Crippen molar-refractivity contribution in [2.24, 2.45) is 0 Å². The number of likely N-dealkylation sites (N-methyl/N-ethyl adjacent to an activating group) is 1. The Labute approximate surface area is 160 Å². The molecule has 2 aromatic rings. The minimum atomic E-state index is -0.186. The molecule has 138 valence electrons. The van der Waals surface area contributed by atoms with Gasteiger partial charge in [-0.15, -0.1) is 11.8 Å². The first kappa shape index (κ1) is 20.0. The molecule has 2 aromatic carbocycles. The molecule has 26 heavy (non-hydrogen) atoms. The average molecular weight is 371 g/mol. The zero-order chi connectivity index (χ0) is 19.1. The van der Waals surface area contributed by atoms with Crippen molar-refractivity contribution in [2.75, 3.05) is 25.2 Å². The van der Waals surface area contributed by atoms with Crippen LogP contribution in [0.15, 0.2) is 47.4 Å². The Morgan fingerprint density at radius 1 is 1.12 bits per heavy atom. The van der Waals surface area contributed by atoms with E-state index in [1.54, 1.807) is 18.8 Å². The third kappa shape index (κ3) is 5.63. The fraction of sp³-hybridized carbons (Fsp3) is 0.333. The number of aryl methyl sites for hydroxylation is 3. The van der Waals surface area contributed by atoms with E-state index in [-0.39, 0.29) is 18.4 Å². The summed E-state index contributed by atoms with van der Waals surface area (Å²) in [5, 5.41) is 2.88. The first-order valence-electron chi connectivity index (χ1n) is 8.63. The third-order valence-electron chi connectivity index (χ3n) is 4.29. The van der Waals surface area contributed by atoms with Crippen LogP contribution in [0.4, 0.5) is 5.69 Å². The van der Waals surface area contributed by atoms with Crippen LogP contribution in [0.2, 0.25) is 0 Å². The van der Waals surface area contributed by atoms with Crippen LogP contribution in [0.1, 0.15) is 23.1 Å². The number of carbonyl (C=O) groups excluding carboxylic acids is 2. The van der Waals surface area contributed by atoms with Crippen LogP contribution >= 0.6 is 11.8 Å². The largest absolute Gasteiger partial charge is 0.336 e. The molecule has 0 aliphatic carbocycles. The maximum Gasteiger partial charge on any atom is 0.244 e. The third-order valence-corrected chi connectivity index (χ3v) is 5.09. The Kier molecular flexibility index (Phi) is 7.27. The van der Waals surface area contributed by atoms with Crippen LogP contribution in [-0.2, 0) is 16.0 Å². The van der Waals surface area contributed by atoms with Crippen molar-refractivity contribution in [3.8, 4) is 0 Å². The lowest BCUT2D eigenvalue weighted by Crippen LogP contribution is -2.35. The summed E-state index contributed by atoms with van der Waals surface area (Å²) >= 11 is 1.58. The number of carbonyl (C=O) groups is 2. The van der Waals surface area contributed by atoms with Gasteiger partial charge in [0.05, 0.1) is 12.2 Å². The van der Waals surface area contributed by atoms with Gasteiger partial charge < -0.3 is 10.2 Å². The van der Waals surface area contributed by atoms with Gasteiger partial charge >= 0.3 is 0 Å². The van der Waals surface area contributed by atoms with E-state index in [9.17, 15) is 9.59 Å². The first-order valence-corrected chi connectivity index (χ1v) is 9.86. The van der Waals surface area contributed by atoms with E-state index in [2.05, 4.69) is 37.4 Å². The SMILES string of the molecule is CSc1ccccc1NC(=O)CN(C)C(=O)CCc1ccc(C)cc1C. The highest BCUT2D eigenvalue weighted by molar-refractivity contribution is 7.98. The number of anilines is 1. The van der Waals surface area contributed by atoms with Crippen molar-refractivity contribution < 1.29 is 9.59 Å². The zero-order valence-corrected chi connectivity index (χ0v) is 16.7. The molecule has 5 heteroatoms. The molecule has 0 heterocycles. The van der Waals surface area contributed by atoms with Crippen LogP contribution in [0.5, 0.6) is 0 Å². The number of nitrogens with zero attached hydrogens (tertiary/aromatic N) is 1. The van der Waals surface area contributed by atoms with Crippen molar-refractivity contribution >= 4 is 29.3 Å². The summed E-state index contributed by atoms with van der Waals surface area (Å²) in [7, 11) is 1.67. The molecular weight excluding hydrogens is 344 g/mol. The molecule has 1 N–H and O–H groups in total. The fourth-order valence-corrected chi connectivity index (χ4v) is 3.35. The van der Waals surface area contributed by atoms with E-state index in [1.807, 2.05) is 30.5 Å². The molecule has 4 nitrogen and oxygen atoms in total. The van der Waals surface area contributed by atoms with Gasteiger partial charge in [-0.2, -0.15) is 0 Å². The number of hydrogen-bond donors (Lipinski definition) is 1. The molecule has 0 radical (unpaired) electrons. The predicted molar refractivity (Wildman–Crippen MR) is 109 cm³/mol. The molecule has 0 saturated carbocycles. The van der Waals surface area contributed by atoms with Gasteiger partial charge in [-0.1, -0.05) is 35.9 Å². The average Bonchev–Trinajstić information content (AvgIpc) is 2.61. The van der Waals surface area contributed by atoms with Gasteiger partial charge in [0.15, 0.2) is 0 Å². The highest BCUT2D eigenvalue weighted by atomic mass is 32.2. The van der Waals surface area contributed by atoms with Gasteiger partial charge in [0.25, 0.3) is 0 Å². The Bertz CT molecular complexity index is 789. The Morgan fingerprint density at radius 3 is 2.54 bits per heavy atom. The molecule has 0 bridgehead atoms. The van der Waals surface area contributed by atoms with Gasteiger partial charge in [0.1, 0.15) is 0 Å². The van der Waals surface area contributed by atoms with Crippen molar-refractivity contribution in [1.82, 2.24) is 4.90 Å². The fourth-order valence-electron chi connectivity index (χ4n) is 2.80. The zero-order valence-electron chi connectivity index (χ0n) is 15.8. The molecule has 0 aliphatic heterocycles. The molecule has 0 aromatic heterocycles. The predicted octanol–water partition coefficient (Wildman–Crippen LogP) is 4.06. The van der Waals surface area contributed by atoms with E-state index < -0.39 is 0 Å². The Balaban J connectivity index is 1.87. The van der Waals surface area contributed by atoms with Crippen LogP contribution in [0, 0.1) is 13.8 Å². The summed E-state index contributed by atoms with van der Waals surface area (Å²) in [5.41, 5.74) is 4.38. The first-order chi connectivity index (χ1) is 12.4. The van der Waals surface area contributed by atoms with Gasteiger partial charge in [-0.05, 0) is 49.8 Å². The lowest BCUT2D eigenvalue weighted by atomic mass is 10.0. The maximum atomic E-state index is 12.3. The maximum absolute atomic E-state index is 12.3. The van der Waals surface area contributed by atoms with Gasteiger partial charge in [0, 0.05) is 18.4 Å². The molecule has 2 amide bonds. The quantitative estimate of drug-likeness (QED) is 0.748. The number of thioether (sulfide) groups is 1. The molecule has 0 spiro atoms. The summed E-state index contributed by atoms with van der Waals surface area (Å²) in [4.78, 5) is 27.1. The number of amides is 2. The molecule has 0 saturated heterocycles. The molecule has 0 atom stereocenters. The lowest BCUT2D eigenvalue weighted by Gasteiger charge is -2.18. The van der Waals surface area contributed by atoms with Crippen LogP contribution < -0.4 is 5.32 Å². The molecule has 2 rings (SSSR count). The summed E-state index contributed by atoms with van der Waals surface area (Å²) in [5.74, 6) is -0.216. The number of para-hydroxylation sites is 1. The monoisotopic (exact) mass is 370 g/mol. The van der Waals surface area contributed by atoms with Crippen LogP contribution in [-0.4, -0.2) is 36.6 Å².